The molecular weight excluding hydrogens is 421 g/mol. The van der Waals surface area contributed by atoms with E-state index in [1.165, 1.54) is 27.8 Å². The number of hydrogen-bond donors (Lipinski definition) is 0. The van der Waals surface area contributed by atoms with Crippen molar-refractivity contribution < 1.29 is 21.7 Å². The van der Waals surface area contributed by atoms with Gasteiger partial charge in [0.2, 0.25) is 0 Å². The number of hydrogen-bond acceptors (Lipinski definition) is 0. The van der Waals surface area contributed by atoms with Crippen LogP contribution in [0.3, 0.4) is 0 Å². The van der Waals surface area contributed by atoms with E-state index in [0.717, 1.165) is 16.7 Å². The second-order valence-electron chi connectivity index (χ2n) is 7.11. The molecule has 0 bridgehead atoms. The topological polar surface area (TPSA) is 23.8 Å². The first-order chi connectivity index (χ1) is 11.7. The third kappa shape index (κ3) is 6.74. The van der Waals surface area contributed by atoms with Gasteiger partial charge in [-0.2, -0.15) is 18.6 Å². The Labute approximate surface area is 198 Å². The normalized spacial score (nSPS) is 14.6. The van der Waals surface area contributed by atoms with E-state index < -0.39 is 0 Å². The average Bonchev–Trinajstić information content (AvgIpc) is 2.79. The van der Waals surface area contributed by atoms with Crippen LogP contribution < -0.4 is 0 Å². The van der Waals surface area contributed by atoms with Crippen LogP contribution in [-0.4, -0.2) is 0 Å². The van der Waals surface area contributed by atoms with Gasteiger partial charge in [0.05, 0.1) is 0 Å². The molecule has 4 heteroatoms. The predicted molar refractivity (Wildman–Crippen MR) is 126 cm³/mol. The van der Waals surface area contributed by atoms with Gasteiger partial charge in [-0.25, -0.2) is 0 Å². The minimum Gasteiger partial charge on any atom is -0.698 e. The molecule has 1 aliphatic carbocycles. The molecular formula is C24H31Cl2NTi. The van der Waals surface area contributed by atoms with Gasteiger partial charge in [0.15, 0.2) is 0 Å². The van der Waals surface area contributed by atoms with Crippen molar-refractivity contribution in [2.24, 2.45) is 5.92 Å². The van der Waals surface area contributed by atoms with Crippen molar-refractivity contribution in [3.05, 3.63) is 94.1 Å². The molecule has 2 aromatic rings. The van der Waals surface area contributed by atoms with Crippen LogP contribution in [0.4, 0.5) is 5.69 Å². The monoisotopic (exact) mass is 451 g/mol. The largest absolute Gasteiger partial charge is 2.00 e. The molecule has 0 amide bonds. The van der Waals surface area contributed by atoms with Crippen molar-refractivity contribution in [3.63, 3.8) is 0 Å². The molecule has 1 nitrogen and oxygen atoms in total. The molecule has 0 saturated heterocycles. The van der Waals surface area contributed by atoms with E-state index in [-0.39, 0.29) is 46.5 Å². The molecule has 1 atom stereocenters. The summed E-state index contributed by atoms with van der Waals surface area (Å²) in [6.07, 6.45) is 2.33. The summed E-state index contributed by atoms with van der Waals surface area (Å²) in [5.74, 6) is 0.521. The standard InChI is InChI=1S/C15H17.C9H12N.2ClH.Ti/c1-10-7-5-6-8-14(10)15-12(3)9-11(2)13(15)4;1-6-4-7(2)9(10)8(3)5-6;;;/h5-9,12H,1H2,2-4H3;4-5,10H,1-3H3;2*1H;/q2*-1;;;+2. The van der Waals surface area contributed by atoms with Gasteiger partial charge in [-0.1, -0.05) is 64.6 Å². The van der Waals surface area contributed by atoms with E-state index in [9.17, 15) is 0 Å². The van der Waals surface area contributed by atoms with Crippen LogP contribution in [0.25, 0.3) is 11.3 Å². The fourth-order valence-electron chi connectivity index (χ4n) is 3.55. The van der Waals surface area contributed by atoms with Crippen molar-refractivity contribution in [2.45, 2.75) is 41.5 Å². The van der Waals surface area contributed by atoms with Crippen LogP contribution >= 0.6 is 24.8 Å². The summed E-state index contributed by atoms with van der Waals surface area (Å²) in [4.78, 5) is 0. The second-order valence-corrected chi connectivity index (χ2v) is 7.11. The van der Waals surface area contributed by atoms with Crippen LogP contribution in [0.5, 0.6) is 0 Å². The number of halogens is 2. The number of nitrogens with one attached hydrogen (secondary N) is 1. The minimum absolute atomic E-state index is 0. The van der Waals surface area contributed by atoms with Gasteiger partial charge in [-0.3, -0.25) is 0 Å². The van der Waals surface area contributed by atoms with Crippen LogP contribution in [0.15, 0.2) is 53.6 Å². The van der Waals surface area contributed by atoms with Gasteiger partial charge in [-0.05, 0) is 40.5 Å². The molecule has 0 saturated carbocycles. The Morgan fingerprint density at radius 1 is 0.893 bits per heavy atom. The average molecular weight is 452 g/mol. The van der Waals surface area contributed by atoms with Crippen molar-refractivity contribution in [1.29, 1.82) is 0 Å². The molecule has 0 fully saturated rings. The third-order valence-corrected chi connectivity index (χ3v) is 4.94. The van der Waals surface area contributed by atoms with Crippen molar-refractivity contribution in [3.8, 4) is 0 Å². The first-order valence-electron chi connectivity index (χ1n) is 8.82. The summed E-state index contributed by atoms with van der Waals surface area (Å²) in [5, 5.41) is 0. The molecule has 2 aromatic carbocycles. The molecule has 1 N–H and O–H groups in total. The number of aryl methyl sites for hydroxylation is 3. The van der Waals surface area contributed by atoms with Gasteiger partial charge in [0.1, 0.15) is 0 Å². The van der Waals surface area contributed by atoms with Gasteiger partial charge < -0.3 is 5.73 Å². The zero-order chi connectivity index (χ0) is 18.7. The fraction of sp³-hybridized carbons (Fsp3) is 0.292. The van der Waals surface area contributed by atoms with Gasteiger partial charge in [0, 0.05) is 0 Å². The quantitative estimate of drug-likeness (QED) is 0.307. The van der Waals surface area contributed by atoms with Crippen LogP contribution in [0.2, 0.25) is 0 Å². The zero-order valence-corrected chi connectivity index (χ0v) is 20.8. The number of allylic oxidation sites excluding steroid dienone is 4. The molecule has 0 radical (unpaired) electrons. The Morgan fingerprint density at radius 2 is 1.39 bits per heavy atom. The van der Waals surface area contributed by atoms with E-state index in [2.05, 4.69) is 58.9 Å². The Morgan fingerprint density at radius 3 is 1.82 bits per heavy atom. The van der Waals surface area contributed by atoms with E-state index in [1.807, 2.05) is 32.0 Å². The maximum Gasteiger partial charge on any atom is 2.00 e. The molecule has 1 aliphatic rings. The zero-order valence-electron chi connectivity index (χ0n) is 17.6. The Balaban J connectivity index is 0. The molecule has 28 heavy (non-hydrogen) atoms. The molecule has 3 rings (SSSR count). The predicted octanol–water partition coefficient (Wildman–Crippen LogP) is 8.37. The third-order valence-electron chi connectivity index (χ3n) is 4.94. The Hall–Kier alpha value is -1.12. The van der Waals surface area contributed by atoms with E-state index in [4.69, 9.17) is 5.73 Å². The van der Waals surface area contributed by atoms with E-state index >= 15 is 0 Å². The maximum absolute atomic E-state index is 7.54. The second kappa shape index (κ2) is 12.4. The smallest absolute Gasteiger partial charge is 0.698 e. The SMILES string of the molecule is Cc1cc(C)c([NH-])c(C)c1.Cl.Cl.[CH2-]c1ccccc1C1=C(C)C(C)=CC1C.[Ti+2]. The summed E-state index contributed by atoms with van der Waals surface area (Å²) in [6, 6.07) is 12.5. The first kappa shape index (κ1) is 29.1. The van der Waals surface area contributed by atoms with Crippen molar-refractivity contribution in [1.82, 2.24) is 0 Å². The molecule has 0 aromatic heterocycles. The molecule has 1 unspecified atom stereocenters. The Bertz CT molecular complexity index is 830. The van der Waals surface area contributed by atoms with Crippen molar-refractivity contribution in [2.75, 3.05) is 0 Å². The van der Waals surface area contributed by atoms with Gasteiger partial charge in [-0.15, -0.1) is 48.2 Å². The maximum atomic E-state index is 7.54. The summed E-state index contributed by atoms with van der Waals surface area (Å²) >= 11 is 0. The summed E-state index contributed by atoms with van der Waals surface area (Å²) in [7, 11) is 0. The molecule has 0 heterocycles. The minimum atomic E-state index is 0. The van der Waals surface area contributed by atoms with Crippen LogP contribution in [-0.2, 0) is 21.7 Å². The molecule has 0 spiro atoms. The first-order valence-corrected chi connectivity index (χ1v) is 8.82. The van der Waals surface area contributed by atoms with Crippen LogP contribution in [0, 0.1) is 33.6 Å². The number of benzene rings is 2. The van der Waals surface area contributed by atoms with Crippen LogP contribution in [0.1, 0.15) is 48.6 Å². The number of rotatable bonds is 1. The molecule has 0 aliphatic heterocycles. The van der Waals surface area contributed by atoms with Gasteiger partial charge in [0.25, 0.3) is 0 Å². The summed E-state index contributed by atoms with van der Waals surface area (Å²) < 4.78 is 0. The van der Waals surface area contributed by atoms with Gasteiger partial charge >= 0.3 is 21.7 Å². The summed E-state index contributed by atoms with van der Waals surface area (Å²) in [6.45, 7) is 16.7. The Kier molecular flexibility index (Phi) is 12.9. The van der Waals surface area contributed by atoms with Crippen molar-refractivity contribution >= 4 is 36.1 Å². The fourth-order valence-corrected chi connectivity index (χ4v) is 3.55. The van der Waals surface area contributed by atoms with E-state index in [1.54, 1.807) is 0 Å². The molecule has 150 valence electrons. The summed E-state index contributed by atoms with van der Waals surface area (Å²) in [5.41, 5.74) is 18.3. The van der Waals surface area contributed by atoms with E-state index in [0.29, 0.717) is 11.6 Å².